The van der Waals surface area contributed by atoms with E-state index in [0.29, 0.717) is 5.56 Å². The summed E-state index contributed by atoms with van der Waals surface area (Å²) in [6.45, 7) is 1.92. The maximum atomic E-state index is 11.7. The van der Waals surface area contributed by atoms with Crippen LogP contribution in [0.2, 0.25) is 0 Å². The van der Waals surface area contributed by atoms with Gasteiger partial charge in [-0.1, -0.05) is 17.7 Å². The van der Waals surface area contributed by atoms with E-state index in [9.17, 15) is 14.9 Å². The van der Waals surface area contributed by atoms with Crippen LogP contribution in [-0.2, 0) is 0 Å². The van der Waals surface area contributed by atoms with Crippen LogP contribution in [-0.4, -0.2) is 17.0 Å². The molecule has 1 amide bonds. The highest BCUT2D eigenvalue weighted by atomic mass is 16.6. The number of rotatable bonds is 4. The minimum absolute atomic E-state index is 0.181. The number of hydrazone groups is 1. The van der Waals surface area contributed by atoms with Crippen LogP contribution < -0.4 is 5.43 Å². The standard InChI is InChI=1S/C13H11N3O4/c1-9-2-4-10(5-3-9)13(17)15-14-8-11-6-7-12(20-11)16(18)19/h2-8H,1H3,(H,15,17)/b14-8+. The summed E-state index contributed by atoms with van der Waals surface area (Å²) in [6.07, 6.45) is 1.19. The molecule has 1 heterocycles. The average Bonchev–Trinajstić information content (AvgIpc) is 2.88. The maximum absolute atomic E-state index is 11.7. The summed E-state index contributed by atoms with van der Waals surface area (Å²) < 4.78 is 4.85. The molecule has 7 heteroatoms. The Bertz CT molecular complexity index is 659. The average molecular weight is 273 g/mol. The maximum Gasteiger partial charge on any atom is 0.433 e. The third kappa shape index (κ3) is 3.29. The predicted molar refractivity (Wildman–Crippen MR) is 71.6 cm³/mol. The second kappa shape index (κ2) is 5.79. The fourth-order valence-electron chi connectivity index (χ4n) is 1.43. The molecular formula is C13H11N3O4. The van der Waals surface area contributed by atoms with Gasteiger partial charge in [-0.2, -0.15) is 5.10 Å². The predicted octanol–water partition coefficient (Wildman–Crippen LogP) is 2.26. The molecule has 0 spiro atoms. The Kier molecular flexibility index (Phi) is 3.90. The van der Waals surface area contributed by atoms with E-state index in [1.165, 1.54) is 18.3 Å². The van der Waals surface area contributed by atoms with Crippen molar-refractivity contribution in [2.45, 2.75) is 6.92 Å². The number of carbonyl (C=O) groups excluding carboxylic acids is 1. The van der Waals surface area contributed by atoms with Crippen molar-refractivity contribution in [3.05, 3.63) is 63.4 Å². The van der Waals surface area contributed by atoms with Crippen LogP contribution in [0.15, 0.2) is 45.9 Å². The lowest BCUT2D eigenvalue weighted by Gasteiger charge is -1.99. The normalized spacial score (nSPS) is 10.7. The molecule has 0 bridgehead atoms. The number of furan rings is 1. The van der Waals surface area contributed by atoms with Crippen molar-refractivity contribution in [3.63, 3.8) is 0 Å². The summed E-state index contributed by atoms with van der Waals surface area (Å²) in [5, 5.41) is 14.1. The summed E-state index contributed by atoms with van der Waals surface area (Å²) in [4.78, 5) is 21.5. The van der Waals surface area contributed by atoms with Gasteiger partial charge in [0.05, 0.1) is 12.3 Å². The van der Waals surface area contributed by atoms with E-state index < -0.39 is 4.92 Å². The zero-order valence-corrected chi connectivity index (χ0v) is 10.6. The molecule has 0 aliphatic rings. The summed E-state index contributed by atoms with van der Waals surface area (Å²) in [5.74, 6) is -0.570. The Labute approximate surface area is 114 Å². The lowest BCUT2D eigenvalue weighted by molar-refractivity contribution is -0.402. The molecule has 0 saturated heterocycles. The largest absolute Gasteiger partial charge is 0.433 e. The number of hydrogen-bond acceptors (Lipinski definition) is 5. The fraction of sp³-hybridized carbons (Fsp3) is 0.0769. The van der Waals surface area contributed by atoms with Crippen LogP contribution in [0.3, 0.4) is 0 Å². The van der Waals surface area contributed by atoms with Crippen LogP contribution in [0.5, 0.6) is 0 Å². The van der Waals surface area contributed by atoms with Crippen LogP contribution in [0, 0.1) is 17.0 Å². The molecule has 2 rings (SSSR count). The summed E-state index contributed by atoms with van der Waals surface area (Å²) in [7, 11) is 0. The molecule has 1 aromatic carbocycles. The highest BCUT2D eigenvalue weighted by Gasteiger charge is 2.10. The highest BCUT2D eigenvalue weighted by Crippen LogP contribution is 2.13. The van der Waals surface area contributed by atoms with Gasteiger partial charge in [0.25, 0.3) is 5.91 Å². The van der Waals surface area contributed by atoms with E-state index in [1.54, 1.807) is 12.1 Å². The second-order valence-corrected chi connectivity index (χ2v) is 4.00. The van der Waals surface area contributed by atoms with E-state index in [2.05, 4.69) is 10.5 Å². The number of aryl methyl sites for hydroxylation is 1. The number of nitrogens with zero attached hydrogens (tertiary/aromatic N) is 2. The number of benzene rings is 1. The minimum Gasteiger partial charge on any atom is -0.400 e. The topological polar surface area (TPSA) is 97.7 Å². The van der Waals surface area contributed by atoms with Gasteiger partial charge in [-0.3, -0.25) is 14.9 Å². The molecule has 1 N–H and O–H groups in total. The first-order valence-electron chi connectivity index (χ1n) is 5.70. The first-order valence-corrected chi connectivity index (χ1v) is 5.70. The lowest BCUT2D eigenvalue weighted by Crippen LogP contribution is -2.17. The van der Waals surface area contributed by atoms with Gasteiger partial charge in [0.15, 0.2) is 5.76 Å². The van der Waals surface area contributed by atoms with E-state index in [0.717, 1.165) is 5.56 Å². The van der Waals surface area contributed by atoms with Crippen molar-refractivity contribution in [3.8, 4) is 0 Å². The van der Waals surface area contributed by atoms with Crippen LogP contribution in [0.1, 0.15) is 21.7 Å². The Morgan fingerprint density at radius 1 is 1.30 bits per heavy atom. The van der Waals surface area contributed by atoms with Crippen LogP contribution in [0.25, 0.3) is 0 Å². The van der Waals surface area contributed by atoms with Gasteiger partial charge >= 0.3 is 5.88 Å². The molecule has 0 saturated carbocycles. The Hall–Kier alpha value is -2.96. The zero-order valence-electron chi connectivity index (χ0n) is 10.6. The Morgan fingerprint density at radius 2 is 2.00 bits per heavy atom. The van der Waals surface area contributed by atoms with E-state index in [-0.39, 0.29) is 17.6 Å². The smallest absolute Gasteiger partial charge is 0.400 e. The second-order valence-electron chi connectivity index (χ2n) is 4.00. The number of nitrogens with one attached hydrogen (secondary N) is 1. The van der Waals surface area contributed by atoms with Crippen molar-refractivity contribution in [1.29, 1.82) is 0 Å². The Morgan fingerprint density at radius 3 is 2.60 bits per heavy atom. The van der Waals surface area contributed by atoms with Crippen molar-refractivity contribution in [1.82, 2.24) is 5.43 Å². The molecule has 1 aromatic heterocycles. The number of amides is 1. The third-order valence-electron chi connectivity index (χ3n) is 2.46. The molecule has 7 nitrogen and oxygen atoms in total. The molecule has 0 unspecified atom stereocenters. The van der Waals surface area contributed by atoms with Crippen molar-refractivity contribution in [2.75, 3.05) is 0 Å². The molecule has 2 aromatic rings. The van der Waals surface area contributed by atoms with E-state index in [1.807, 2.05) is 19.1 Å². The molecule has 0 aliphatic heterocycles. The van der Waals surface area contributed by atoms with Gasteiger partial charge in [-0.15, -0.1) is 0 Å². The first kappa shape index (κ1) is 13.5. The van der Waals surface area contributed by atoms with Crippen molar-refractivity contribution >= 4 is 18.0 Å². The van der Waals surface area contributed by atoms with Gasteiger partial charge in [-0.05, 0) is 25.1 Å². The first-order chi connectivity index (χ1) is 9.56. The molecule has 0 atom stereocenters. The SMILES string of the molecule is Cc1ccc(C(=O)N/N=C/c2ccc([N+](=O)[O-])o2)cc1. The number of hydrogen-bond donors (Lipinski definition) is 1. The van der Waals surface area contributed by atoms with E-state index in [4.69, 9.17) is 4.42 Å². The lowest BCUT2D eigenvalue weighted by atomic mass is 10.1. The third-order valence-corrected chi connectivity index (χ3v) is 2.46. The van der Waals surface area contributed by atoms with Gasteiger partial charge in [0.2, 0.25) is 0 Å². The monoisotopic (exact) mass is 273 g/mol. The molecule has 102 valence electrons. The van der Waals surface area contributed by atoms with Gasteiger partial charge < -0.3 is 4.42 Å². The highest BCUT2D eigenvalue weighted by molar-refractivity contribution is 5.94. The molecule has 0 aliphatic carbocycles. The molecule has 0 fully saturated rings. The van der Waals surface area contributed by atoms with Gasteiger partial charge in [-0.25, -0.2) is 5.43 Å². The zero-order chi connectivity index (χ0) is 14.5. The molecule has 20 heavy (non-hydrogen) atoms. The minimum atomic E-state index is -0.651. The summed E-state index contributed by atoms with van der Waals surface area (Å²) in [6, 6.07) is 9.59. The van der Waals surface area contributed by atoms with Crippen molar-refractivity contribution in [2.24, 2.45) is 5.10 Å². The molecule has 0 radical (unpaired) electrons. The number of carbonyl (C=O) groups is 1. The van der Waals surface area contributed by atoms with Crippen molar-refractivity contribution < 1.29 is 14.1 Å². The summed E-state index contributed by atoms with van der Waals surface area (Å²) in [5.41, 5.74) is 3.83. The van der Waals surface area contributed by atoms with E-state index >= 15 is 0 Å². The van der Waals surface area contributed by atoms with Crippen LogP contribution in [0.4, 0.5) is 5.88 Å². The summed E-state index contributed by atoms with van der Waals surface area (Å²) >= 11 is 0. The quantitative estimate of drug-likeness (QED) is 0.524. The fourth-order valence-corrected chi connectivity index (χ4v) is 1.43. The van der Waals surface area contributed by atoms with Gasteiger partial charge in [0, 0.05) is 5.56 Å². The van der Waals surface area contributed by atoms with Crippen LogP contribution >= 0.6 is 0 Å². The number of nitro groups is 1. The molecular weight excluding hydrogens is 262 g/mol. The van der Waals surface area contributed by atoms with Gasteiger partial charge in [0.1, 0.15) is 4.92 Å². The Balaban J connectivity index is 1.97.